The van der Waals surface area contributed by atoms with E-state index >= 15 is 0 Å². The standard InChI is InChI=1S/C28H25NO7/c1-15(2)35-23-12-9-17(13-24(23)34-4)28(33)36-16(3)27(32)29-18-10-11-21-22(14-18)26(31)20-8-6-5-7-19(20)25(21)30/h5-16H,1-4H3,(H,29,32). The Bertz CT molecular complexity index is 1380. The summed E-state index contributed by atoms with van der Waals surface area (Å²) in [5, 5.41) is 2.64. The van der Waals surface area contributed by atoms with Crippen molar-refractivity contribution in [1.82, 2.24) is 0 Å². The van der Waals surface area contributed by atoms with Crippen LogP contribution in [0.1, 0.15) is 63.0 Å². The number of carbonyl (C=O) groups excluding carboxylic acids is 4. The largest absolute Gasteiger partial charge is 0.493 e. The van der Waals surface area contributed by atoms with Crippen LogP contribution in [0.2, 0.25) is 0 Å². The Morgan fingerprint density at radius 1 is 0.778 bits per heavy atom. The molecule has 0 fully saturated rings. The number of amides is 1. The number of ether oxygens (including phenoxy) is 3. The number of methoxy groups -OCH3 is 1. The lowest BCUT2D eigenvalue weighted by molar-refractivity contribution is -0.123. The molecule has 0 bridgehead atoms. The number of nitrogens with one attached hydrogen (secondary N) is 1. The molecular weight excluding hydrogens is 462 g/mol. The molecule has 1 amide bonds. The molecule has 36 heavy (non-hydrogen) atoms. The molecule has 1 N–H and O–H groups in total. The zero-order valence-electron chi connectivity index (χ0n) is 20.3. The van der Waals surface area contributed by atoms with Crippen molar-refractivity contribution in [3.8, 4) is 11.5 Å². The number of benzene rings is 3. The maximum atomic E-state index is 12.9. The molecule has 0 aromatic heterocycles. The van der Waals surface area contributed by atoms with Gasteiger partial charge < -0.3 is 19.5 Å². The number of hydrogen-bond donors (Lipinski definition) is 1. The van der Waals surface area contributed by atoms with E-state index in [9.17, 15) is 19.2 Å². The monoisotopic (exact) mass is 487 g/mol. The Kier molecular flexibility index (Phi) is 6.87. The maximum Gasteiger partial charge on any atom is 0.339 e. The molecule has 0 radical (unpaired) electrons. The Labute approximate surface area is 208 Å². The van der Waals surface area contributed by atoms with Gasteiger partial charge in [0.2, 0.25) is 0 Å². The van der Waals surface area contributed by atoms with Crippen LogP contribution < -0.4 is 14.8 Å². The first-order valence-corrected chi connectivity index (χ1v) is 11.4. The summed E-state index contributed by atoms with van der Waals surface area (Å²) in [4.78, 5) is 51.0. The summed E-state index contributed by atoms with van der Waals surface area (Å²) in [5.74, 6) is -1.00. The third-order valence-electron chi connectivity index (χ3n) is 5.61. The van der Waals surface area contributed by atoms with Gasteiger partial charge in [-0.25, -0.2) is 4.79 Å². The average Bonchev–Trinajstić information content (AvgIpc) is 2.87. The van der Waals surface area contributed by atoms with Crippen LogP contribution in [0.15, 0.2) is 60.7 Å². The highest BCUT2D eigenvalue weighted by atomic mass is 16.5. The number of carbonyl (C=O) groups is 4. The number of ketones is 2. The average molecular weight is 488 g/mol. The summed E-state index contributed by atoms with van der Waals surface area (Å²) in [5.41, 5.74) is 1.65. The molecule has 184 valence electrons. The van der Waals surface area contributed by atoms with E-state index in [2.05, 4.69) is 5.32 Å². The first-order valence-electron chi connectivity index (χ1n) is 11.4. The highest BCUT2D eigenvalue weighted by Gasteiger charge is 2.30. The van der Waals surface area contributed by atoms with Gasteiger partial charge in [-0.05, 0) is 57.2 Å². The molecule has 1 atom stereocenters. The van der Waals surface area contributed by atoms with Crippen LogP contribution >= 0.6 is 0 Å². The van der Waals surface area contributed by atoms with Crippen molar-refractivity contribution in [2.24, 2.45) is 0 Å². The highest BCUT2D eigenvalue weighted by Crippen LogP contribution is 2.30. The summed E-state index contributed by atoms with van der Waals surface area (Å²) in [6.45, 7) is 5.18. The molecule has 0 saturated heterocycles. The van der Waals surface area contributed by atoms with Crippen molar-refractivity contribution in [3.63, 3.8) is 0 Å². The van der Waals surface area contributed by atoms with E-state index in [1.54, 1.807) is 30.3 Å². The minimum atomic E-state index is -1.14. The van der Waals surface area contributed by atoms with Crippen LogP contribution in [0.25, 0.3) is 0 Å². The Balaban J connectivity index is 1.45. The van der Waals surface area contributed by atoms with E-state index in [1.165, 1.54) is 44.4 Å². The summed E-state index contributed by atoms with van der Waals surface area (Å²) in [7, 11) is 1.46. The van der Waals surface area contributed by atoms with Gasteiger partial charge in [0.1, 0.15) is 0 Å². The fourth-order valence-corrected chi connectivity index (χ4v) is 3.85. The van der Waals surface area contributed by atoms with E-state index in [0.717, 1.165) is 0 Å². The molecule has 4 rings (SSSR count). The zero-order chi connectivity index (χ0) is 26.0. The summed E-state index contributed by atoms with van der Waals surface area (Å²) >= 11 is 0. The van der Waals surface area contributed by atoms with Crippen molar-refractivity contribution < 1.29 is 33.4 Å². The number of rotatable bonds is 7. The second kappa shape index (κ2) is 10.0. The van der Waals surface area contributed by atoms with Gasteiger partial charge in [-0.1, -0.05) is 24.3 Å². The second-order valence-corrected chi connectivity index (χ2v) is 8.53. The van der Waals surface area contributed by atoms with E-state index in [4.69, 9.17) is 14.2 Å². The topological polar surface area (TPSA) is 108 Å². The van der Waals surface area contributed by atoms with E-state index < -0.39 is 18.0 Å². The molecule has 0 spiro atoms. The van der Waals surface area contributed by atoms with Gasteiger partial charge in [-0.2, -0.15) is 0 Å². The predicted molar refractivity (Wildman–Crippen MR) is 132 cm³/mol. The summed E-state index contributed by atoms with van der Waals surface area (Å²) < 4.78 is 16.3. The molecule has 0 heterocycles. The van der Waals surface area contributed by atoms with E-state index in [0.29, 0.717) is 28.3 Å². The first kappa shape index (κ1) is 24.7. The van der Waals surface area contributed by atoms with Crippen LogP contribution in [-0.2, 0) is 9.53 Å². The van der Waals surface area contributed by atoms with E-state index in [-0.39, 0.29) is 34.4 Å². The SMILES string of the molecule is COc1cc(C(=O)OC(C)C(=O)Nc2ccc3c(c2)C(=O)c2ccccc2C3=O)ccc1OC(C)C. The lowest BCUT2D eigenvalue weighted by Crippen LogP contribution is -2.30. The predicted octanol–water partition coefficient (Wildman–Crippen LogP) is 4.44. The fourth-order valence-electron chi connectivity index (χ4n) is 3.85. The van der Waals surface area contributed by atoms with Crippen molar-refractivity contribution in [2.45, 2.75) is 33.0 Å². The lowest BCUT2D eigenvalue weighted by atomic mass is 9.84. The van der Waals surface area contributed by atoms with Crippen LogP contribution in [0.4, 0.5) is 5.69 Å². The van der Waals surface area contributed by atoms with Gasteiger partial charge in [0.25, 0.3) is 5.91 Å². The van der Waals surface area contributed by atoms with Crippen LogP contribution in [-0.4, -0.2) is 42.8 Å². The van der Waals surface area contributed by atoms with Gasteiger partial charge in [-0.15, -0.1) is 0 Å². The van der Waals surface area contributed by atoms with E-state index in [1.807, 2.05) is 13.8 Å². The third-order valence-corrected chi connectivity index (χ3v) is 5.61. The minimum absolute atomic E-state index is 0.0767. The molecule has 3 aromatic rings. The smallest absolute Gasteiger partial charge is 0.339 e. The normalized spacial score (nSPS) is 12.9. The maximum absolute atomic E-state index is 12.9. The number of hydrogen-bond acceptors (Lipinski definition) is 7. The summed E-state index contributed by atoms with van der Waals surface area (Å²) in [6.07, 6.45) is -1.21. The number of anilines is 1. The van der Waals surface area contributed by atoms with Crippen molar-refractivity contribution in [1.29, 1.82) is 0 Å². The second-order valence-electron chi connectivity index (χ2n) is 8.53. The van der Waals surface area contributed by atoms with Crippen LogP contribution in [0, 0.1) is 0 Å². The third kappa shape index (κ3) is 4.84. The lowest BCUT2D eigenvalue weighted by Gasteiger charge is -2.19. The van der Waals surface area contributed by atoms with Gasteiger partial charge in [-0.3, -0.25) is 14.4 Å². The minimum Gasteiger partial charge on any atom is -0.493 e. The molecule has 8 nitrogen and oxygen atoms in total. The molecule has 1 unspecified atom stereocenters. The molecule has 1 aliphatic rings. The van der Waals surface area contributed by atoms with Crippen molar-refractivity contribution in [3.05, 3.63) is 88.5 Å². The molecular formula is C28H25NO7. The fraction of sp³-hybridized carbons (Fsp3) is 0.214. The van der Waals surface area contributed by atoms with Gasteiger partial charge in [0.15, 0.2) is 29.2 Å². The molecule has 3 aromatic carbocycles. The van der Waals surface area contributed by atoms with Crippen molar-refractivity contribution >= 4 is 29.1 Å². The van der Waals surface area contributed by atoms with Gasteiger partial charge >= 0.3 is 5.97 Å². The van der Waals surface area contributed by atoms with Gasteiger partial charge in [0, 0.05) is 27.9 Å². The molecule has 1 aliphatic carbocycles. The highest BCUT2D eigenvalue weighted by molar-refractivity contribution is 6.28. The van der Waals surface area contributed by atoms with Crippen molar-refractivity contribution in [2.75, 3.05) is 12.4 Å². The summed E-state index contributed by atoms with van der Waals surface area (Å²) in [6, 6.07) is 15.7. The Morgan fingerprint density at radius 3 is 2.06 bits per heavy atom. The van der Waals surface area contributed by atoms with Gasteiger partial charge in [0.05, 0.1) is 18.8 Å². The van der Waals surface area contributed by atoms with Crippen LogP contribution in [0.3, 0.4) is 0 Å². The zero-order valence-corrected chi connectivity index (χ0v) is 20.3. The Hall–Kier alpha value is -4.46. The quantitative estimate of drug-likeness (QED) is 0.384. The molecule has 0 saturated carbocycles. The number of esters is 1. The Morgan fingerprint density at radius 2 is 1.42 bits per heavy atom. The van der Waals surface area contributed by atoms with Crippen LogP contribution in [0.5, 0.6) is 11.5 Å². The first-order chi connectivity index (χ1) is 17.2. The molecule has 0 aliphatic heterocycles. The molecule has 8 heteroatoms. The number of fused-ring (bicyclic) bond motifs is 2.